The lowest BCUT2D eigenvalue weighted by atomic mass is 10.1. The molecular weight excluding hydrogens is 306 g/mol. The molecule has 2 aromatic carbocycles. The summed E-state index contributed by atoms with van der Waals surface area (Å²) < 4.78 is 10.5. The van der Waals surface area contributed by atoms with Crippen LogP contribution in [-0.2, 0) is 16.1 Å². The molecule has 5 nitrogen and oxygen atoms in total. The molecule has 126 valence electrons. The van der Waals surface area contributed by atoms with Crippen molar-refractivity contribution < 1.29 is 19.1 Å². The van der Waals surface area contributed by atoms with Gasteiger partial charge in [0.15, 0.2) is 6.61 Å². The molecule has 2 aromatic rings. The summed E-state index contributed by atoms with van der Waals surface area (Å²) in [5.41, 5.74) is 3.33. The standard InChI is InChI=1S/C19H21NO4/c1-14-4-7-18(12-15(14)2)23-13-19(21)24-20-11-10-16-5-8-17(22-3)9-6-16/h4-9,11-12H,10,13H2,1-3H3/b20-11+. The molecule has 0 heterocycles. The van der Waals surface area contributed by atoms with Crippen molar-refractivity contribution in [2.75, 3.05) is 13.7 Å². The molecule has 5 heteroatoms. The minimum atomic E-state index is -0.542. The highest BCUT2D eigenvalue weighted by atomic mass is 16.7. The molecule has 0 aliphatic heterocycles. The molecule has 0 radical (unpaired) electrons. The van der Waals surface area contributed by atoms with Crippen LogP contribution in [0.3, 0.4) is 0 Å². The zero-order chi connectivity index (χ0) is 17.4. The van der Waals surface area contributed by atoms with E-state index in [1.807, 2.05) is 56.3 Å². The van der Waals surface area contributed by atoms with Crippen LogP contribution >= 0.6 is 0 Å². The normalized spacial score (nSPS) is 10.6. The third-order valence-electron chi connectivity index (χ3n) is 3.55. The van der Waals surface area contributed by atoms with Gasteiger partial charge in [0.25, 0.3) is 0 Å². The van der Waals surface area contributed by atoms with Crippen LogP contribution in [0, 0.1) is 13.8 Å². The Balaban J connectivity index is 1.72. The third kappa shape index (κ3) is 5.43. The number of nitrogens with zero attached hydrogens (tertiary/aromatic N) is 1. The van der Waals surface area contributed by atoms with Crippen LogP contribution in [0.4, 0.5) is 0 Å². The van der Waals surface area contributed by atoms with Crippen molar-refractivity contribution in [3.63, 3.8) is 0 Å². The monoisotopic (exact) mass is 327 g/mol. The molecule has 0 saturated heterocycles. The van der Waals surface area contributed by atoms with E-state index in [4.69, 9.17) is 14.3 Å². The molecule has 0 aliphatic rings. The summed E-state index contributed by atoms with van der Waals surface area (Å²) in [4.78, 5) is 16.4. The molecule has 0 aromatic heterocycles. The molecule has 0 atom stereocenters. The van der Waals surface area contributed by atoms with Gasteiger partial charge >= 0.3 is 5.97 Å². The van der Waals surface area contributed by atoms with Crippen molar-refractivity contribution >= 4 is 12.2 Å². The van der Waals surface area contributed by atoms with E-state index in [-0.39, 0.29) is 6.61 Å². The smallest absolute Gasteiger partial charge is 0.371 e. The molecule has 0 bridgehead atoms. The second-order valence-electron chi connectivity index (χ2n) is 5.34. The molecule has 0 spiro atoms. The highest BCUT2D eigenvalue weighted by molar-refractivity contribution is 5.72. The number of aryl methyl sites for hydroxylation is 2. The molecule has 0 N–H and O–H groups in total. The van der Waals surface area contributed by atoms with E-state index in [1.165, 1.54) is 11.8 Å². The van der Waals surface area contributed by atoms with Crippen molar-refractivity contribution in [1.82, 2.24) is 0 Å². The zero-order valence-corrected chi connectivity index (χ0v) is 14.1. The Bertz CT molecular complexity index is 708. The Morgan fingerprint density at radius 3 is 2.42 bits per heavy atom. The van der Waals surface area contributed by atoms with Crippen molar-refractivity contribution in [2.24, 2.45) is 5.16 Å². The Morgan fingerprint density at radius 2 is 1.75 bits per heavy atom. The van der Waals surface area contributed by atoms with E-state index >= 15 is 0 Å². The highest BCUT2D eigenvalue weighted by Crippen LogP contribution is 2.16. The van der Waals surface area contributed by atoms with Crippen LogP contribution < -0.4 is 9.47 Å². The predicted octanol–water partition coefficient (Wildman–Crippen LogP) is 3.46. The van der Waals surface area contributed by atoms with Crippen LogP contribution in [0.15, 0.2) is 47.6 Å². The first-order valence-electron chi connectivity index (χ1n) is 7.63. The number of carbonyl (C=O) groups excluding carboxylic acids is 1. The predicted molar refractivity (Wildman–Crippen MR) is 92.7 cm³/mol. The maximum Gasteiger partial charge on any atom is 0.371 e. The van der Waals surface area contributed by atoms with E-state index in [0.29, 0.717) is 12.2 Å². The molecule has 0 saturated carbocycles. The largest absolute Gasteiger partial charge is 0.497 e. The highest BCUT2D eigenvalue weighted by Gasteiger charge is 2.04. The second-order valence-corrected chi connectivity index (χ2v) is 5.34. The molecular formula is C19H21NO4. The van der Waals surface area contributed by atoms with Gasteiger partial charge in [-0.3, -0.25) is 0 Å². The number of methoxy groups -OCH3 is 1. The number of hydrogen-bond donors (Lipinski definition) is 0. The quantitative estimate of drug-likeness (QED) is 0.444. The van der Waals surface area contributed by atoms with Crippen LogP contribution in [0.25, 0.3) is 0 Å². The summed E-state index contributed by atoms with van der Waals surface area (Å²) in [6, 6.07) is 13.2. The van der Waals surface area contributed by atoms with Gasteiger partial charge in [0.1, 0.15) is 11.5 Å². The summed E-state index contributed by atoms with van der Waals surface area (Å²) in [5.74, 6) is 0.891. The van der Waals surface area contributed by atoms with Gasteiger partial charge in [0.2, 0.25) is 0 Å². The Labute approximate surface area is 141 Å². The van der Waals surface area contributed by atoms with E-state index in [0.717, 1.165) is 16.9 Å². The zero-order valence-electron chi connectivity index (χ0n) is 14.1. The Hall–Kier alpha value is -2.82. The van der Waals surface area contributed by atoms with Gasteiger partial charge in [-0.25, -0.2) is 4.79 Å². The van der Waals surface area contributed by atoms with Crippen LogP contribution in [0.2, 0.25) is 0 Å². The lowest BCUT2D eigenvalue weighted by Gasteiger charge is -2.06. The topological polar surface area (TPSA) is 57.1 Å². The van der Waals surface area contributed by atoms with Gasteiger partial charge in [0.05, 0.1) is 7.11 Å². The minimum absolute atomic E-state index is 0.178. The van der Waals surface area contributed by atoms with Crippen molar-refractivity contribution in [3.8, 4) is 11.5 Å². The molecule has 2 rings (SSSR count). The minimum Gasteiger partial charge on any atom is -0.497 e. The van der Waals surface area contributed by atoms with Crippen molar-refractivity contribution in [1.29, 1.82) is 0 Å². The average Bonchev–Trinajstić information content (AvgIpc) is 2.60. The van der Waals surface area contributed by atoms with Gasteiger partial charge in [0, 0.05) is 12.6 Å². The number of rotatable bonds is 7. The number of benzene rings is 2. The molecule has 0 aliphatic carbocycles. The Morgan fingerprint density at radius 1 is 1.04 bits per heavy atom. The van der Waals surface area contributed by atoms with E-state index < -0.39 is 5.97 Å². The number of hydrogen-bond acceptors (Lipinski definition) is 5. The fraction of sp³-hybridized carbons (Fsp3) is 0.263. The number of carbonyl (C=O) groups is 1. The molecule has 0 unspecified atom stereocenters. The van der Waals surface area contributed by atoms with Gasteiger partial charge < -0.3 is 14.3 Å². The number of oxime groups is 1. The first-order chi connectivity index (χ1) is 11.6. The first kappa shape index (κ1) is 17.5. The van der Waals surface area contributed by atoms with Gasteiger partial charge in [-0.15, -0.1) is 0 Å². The fourth-order valence-electron chi connectivity index (χ4n) is 1.97. The maximum absolute atomic E-state index is 11.6. The lowest BCUT2D eigenvalue weighted by molar-refractivity contribution is -0.145. The second kappa shape index (κ2) is 8.72. The molecule has 24 heavy (non-hydrogen) atoms. The average molecular weight is 327 g/mol. The van der Waals surface area contributed by atoms with E-state index in [2.05, 4.69) is 5.16 Å². The van der Waals surface area contributed by atoms with Crippen LogP contribution in [-0.4, -0.2) is 25.9 Å². The van der Waals surface area contributed by atoms with E-state index in [9.17, 15) is 4.79 Å². The summed E-state index contributed by atoms with van der Waals surface area (Å²) in [6.07, 6.45) is 2.10. The maximum atomic E-state index is 11.6. The lowest BCUT2D eigenvalue weighted by Crippen LogP contribution is -2.12. The van der Waals surface area contributed by atoms with Crippen molar-refractivity contribution in [2.45, 2.75) is 20.3 Å². The van der Waals surface area contributed by atoms with Gasteiger partial charge in [-0.05, 0) is 54.8 Å². The van der Waals surface area contributed by atoms with Gasteiger partial charge in [-0.2, -0.15) is 0 Å². The van der Waals surface area contributed by atoms with Crippen molar-refractivity contribution in [3.05, 3.63) is 59.2 Å². The van der Waals surface area contributed by atoms with Crippen LogP contribution in [0.1, 0.15) is 16.7 Å². The fourth-order valence-corrected chi connectivity index (χ4v) is 1.97. The summed E-state index contributed by atoms with van der Waals surface area (Å²) in [5, 5.41) is 3.67. The third-order valence-corrected chi connectivity index (χ3v) is 3.55. The first-order valence-corrected chi connectivity index (χ1v) is 7.63. The summed E-state index contributed by atoms with van der Waals surface area (Å²) in [6.45, 7) is 3.83. The summed E-state index contributed by atoms with van der Waals surface area (Å²) >= 11 is 0. The van der Waals surface area contributed by atoms with E-state index in [1.54, 1.807) is 7.11 Å². The number of ether oxygens (including phenoxy) is 2. The molecule has 0 amide bonds. The molecule has 0 fully saturated rings. The summed E-state index contributed by atoms with van der Waals surface area (Å²) in [7, 11) is 1.62. The van der Waals surface area contributed by atoms with Crippen LogP contribution in [0.5, 0.6) is 11.5 Å². The Kier molecular flexibility index (Phi) is 6.37. The van der Waals surface area contributed by atoms with Gasteiger partial charge in [-0.1, -0.05) is 23.4 Å². The SMILES string of the molecule is COc1ccc(C/C=N/OC(=O)COc2ccc(C)c(C)c2)cc1.